The number of carbonyl (C=O) groups excluding carboxylic acids is 1. The van der Waals surface area contributed by atoms with Crippen LogP contribution in [-0.4, -0.2) is 40.6 Å². The van der Waals surface area contributed by atoms with Crippen LogP contribution in [0.2, 0.25) is 0 Å². The van der Waals surface area contributed by atoms with E-state index in [1.54, 1.807) is 0 Å². The zero-order valence-electron chi connectivity index (χ0n) is 9.33. The Morgan fingerprint density at radius 2 is 2.06 bits per heavy atom. The molecule has 0 saturated carbocycles. The lowest BCUT2D eigenvalue weighted by Gasteiger charge is -2.17. The Hall–Kier alpha value is -0.680. The summed E-state index contributed by atoms with van der Waals surface area (Å²) < 4.78 is 10.5. The van der Waals surface area contributed by atoms with Gasteiger partial charge in [0, 0.05) is 12.7 Å². The lowest BCUT2D eigenvalue weighted by Crippen LogP contribution is -2.29. The summed E-state index contributed by atoms with van der Waals surface area (Å²) in [6, 6.07) is 0. The van der Waals surface area contributed by atoms with Crippen LogP contribution in [0.15, 0.2) is 12.7 Å². The van der Waals surface area contributed by atoms with Crippen molar-refractivity contribution < 1.29 is 24.0 Å². The van der Waals surface area contributed by atoms with Crippen molar-refractivity contribution in [1.29, 1.82) is 0 Å². The van der Waals surface area contributed by atoms with Crippen LogP contribution in [0.4, 0.5) is 0 Å². The number of hydroxylamine groups is 2. The second-order valence-electron chi connectivity index (χ2n) is 3.28. The smallest absolute Gasteiger partial charge is 0.324 e. The molecule has 0 spiro atoms. The molecule has 0 aliphatic heterocycles. The molecule has 0 rings (SSSR count). The SMILES string of the molecule is C=CC(=O)N(CCCCCP(=O)(O)O)OC. The molecule has 0 radical (unpaired) electrons. The third-order valence-corrected chi connectivity index (χ3v) is 2.85. The van der Waals surface area contributed by atoms with Gasteiger partial charge in [0.1, 0.15) is 0 Å². The highest BCUT2D eigenvalue weighted by Crippen LogP contribution is 2.35. The summed E-state index contributed by atoms with van der Waals surface area (Å²) >= 11 is 0. The molecule has 0 unspecified atom stereocenters. The molecular weight excluding hydrogens is 233 g/mol. The first kappa shape index (κ1) is 15.3. The fourth-order valence-electron chi connectivity index (χ4n) is 1.14. The Bertz CT molecular complexity index is 275. The van der Waals surface area contributed by atoms with Crippen LogP contribution in [0.1, 0.15) is 19.3 Å². The highest BCUT2D eigenvalue weighted by Gasteiger charge is 2.12. The van der Waals surface area contributed by atoms with Gasteiger partial charge in [0.25, 0.3) is 5.91 Å². The van der Waals surface area contributed by atoms with E-state index in [0.717, 1.165) is 11.1 Å². The molecule has 0 aliphatic carbocycles. The summed E-state index contributed by atoms with van der Waals surface area (Å²) in [5, 5.41) is 1.16. The van der Waals surface area contributed by atoms with Crippen molar-refractivity contribution in [3.05, 3.63) is 12.7 Å². The highest BCUT2D eigenvalue weighted by atomic mass is 31.2. The van der Waals surface area contributed by atoms with Crippen molar-refractivity contribution in [3.8, 4) is 0 Å². The lowest BCUT2D eigenvalue weighted by atomic mass is 10.2. The number of nitrogens with zero attached hydrogens (tertiary/aromatic N) is 1. The maximum absolute atomic E-state index is 11.1. The summed E-state index contributed by atoms with van der Waals surface area (Å²) in [5.74, 6) is -0.322. The van der Waals surface area contributed by atoms with E-state index in [9.17, 15) is 9.36 Å². The summed E-state index contributed by atoms with van der Waals surface area (Å²) in [6.45, 7) is 3.72. The maximum Gasteiger partial charge on any atom is 0.325 e. The van der Waals surface area contributed by atoms with Crippen LogP contribution >= 0.6 is 7.60 Å². The van der Waals surface area contributed by atoms with Crippen molar-refractivity contribution in [3.63, 3.8) is 0 Å². The molecule has 0 aromatic heterocycles. The quantitative estimate of drug-likeness (QED) is 0.290. The summed E-state index contributed by atoms with van der Waals surface area (Å²) in [5.41, 5.74) is 0. The highest BCUT2D eigenvalue weighted by molar-refractivity contribution is 7.51. The van der Waals surface area contributed by atoms with Crippen LogP contribution < -0.4 is 0 Å². The van der Waals surface area contributed by atoms with Crippen LogP contribution in [0.5, 0.6) is 0 Å². The summed E-state index contributed by atoms with van der Waals surface area (Å²) in [4.78, 5) is 33.1. The van der Waals surface area contributed by atoms with Crippen LogP contribution in [-0.2, 0) is 14.2 Å². The normalized spacial score (nSPS) is 11.2. The number of amides is 1. The fourth-order valence-corrected chi connectivity index (χ4v) is 1.78. The van der Waals surface area contributed by atoms with Crippen molar-refractivity contribution >= 4 is 13.5 Å². The average molecular weight is 251 g/mol. The number of carbonyl (C=O) groups is 1. The van der Waals surface area contributed by atoms with Gasteiger partial charge in [-0.25, -0.2) is 5.06 Å². The second-order valence-corrected chi connectivity index (χ2v) is 5.05. The van der Waals surface area contributed by atoms with E-state index < -0.39 is 7.60 Å². The minimum Gasteiger partial charge on any atom is -0.324 e. The molecule has 0 saturated heterocycles. The molecule has 6 nitrogen and oxygen atoms in total. The van der Waals surface area contributed by atoms with Gasteiger partial charge in [0.05, 0.1) is 7.11 Å². The van der Waals surface area contributed by atoms with Crippen LogP contribution in [0.25, 0.3) is 0 Å². The molecule has 0 aromatic rings. The van der Waals surface area contributed by atoms with Crippen molar-refractivity contribution in [2.45, 2.75) is 19.3 Å². The molecule has 16 heavy (non-hydrogen) atoms. The molecule has 94 valence electrons. The van der Waals surface area contributed by atoms with E-state index in [1.165, 1.54) is 7.11 Å². The number of rotatable bonds is 8. The predicted molar refractivity (Wildman–Crippen MR) is 59.7 cm³/mol. The number of hydrogen-bond acceptors (Lipinski definition) is 3. The van der Waals surface area contributed by atoms with Gasteiger partial charge in [-0.2, -0.15) is 0 Å². The van der Waals surface area contributed by atoms with Gasteiger partial charge in [-0.15, -0.1) is 0 Å². The molecule has 2 N–H and O–H groups in total. The van der Waals surface area contributed by atoms with Gasteiger partial charge >= 0.3 is 7.60 Å². The van der Waals surface area contributed by atoms with Crippen LogP contribution in [0, 0.1) is 0 Å². The maximum atomic E-state index is 11.1. The molecule has 7 heteroatoms. The van der Waals surface area contributed by atoms with Crippen molar-refractivity contribution in [2.24, 2.45) is 0 Å². The Kier molecular flexibility index (Phi) is 7.25. The van der Waals surface area contributed by atoms with Gasteiger partial charge in [-0.3, -0.25) is 14.2 Å². The molecule has 0 fully saturated rings. The van der Waals surface area contributed by atoms with Crippen molar-refractivity contribution in [2.75, 3.05) is 19.8 Å². The Morgan fingerprint density at radius 1 is 1.44 bits per heavy atom. The molecular formula is C9H18NO5P. The molecule has 0 aliphatic rings. The summed E-state index contributed by atoms with van der Waals surface area (Å²) in [7, 11) is -2.50. The van der Waals surface area contributed by atoms with E-state index in [1.807, 2.05) is 0 Å². The second kappa shape index (κ2) is 7.57. The summed E-state index contributed by atoms with van der Waals surface area (Å²) in [6.07, 6.45) is 2.74. The molecule has 0 heterocycles. The fraction of sp³-hybridized carbons (Fsp3) is 0.667. The van der Waals surface area contributed by atoms with E-state index in [2.05, 4.69) is 6.58 Å². The largest absolute Gasteiger partial charge is 0.325 e. The minimum atomic E-state index is -3.89. The number of unbranched alkanes of at least 4 members (excludes halogenated alkanes) is 2. The topological polar surface area (TPSA) is 87.1 Å². The Labute approximate surface area is 95.0 Å². The molecule has 0 aromatic carbocycles. The van der Waals surface area contributed by atoms with Gasteiger partial charge in [0.15, 0.2) is 0 Å². The van der Waals surface area contributed by atoms with E-state index in [-0.39, 0.29) is 12.1 Å². The first-order valence-electron chi connectivity index (χ1n) is 4.93. The first-order chi connectivity index (χ1) is 7.40. The first-order valence-corrected chi connectivity index (χ1v) is 6.73. The lowest BCUT2D eigenvalue weighted by molar-refractivity contribution is -0.170. The van der Waals surface area contributed by atoms with Gasteiger partial charge in [-0.05, 0) is 18.9 Å². The van der Waals surface area contributed by atoms with Gasteiger partial charge in [0.2, 0.25) is 0 Å². The predicted octanol–water partition coefficient (Wildman–Crippen LogP) is 0.910. The molecule has 0 atom stereocenters. The average Bonchev–Trinajstić information content (AvgIpc) is 2.21. The van der Waals surface area contributed by atoms with Crippen molar-refractivity contribution in [1.82, 2.24) is 5.06 Å². The monoisotopic (exact) mass is 251 g/mol. The molecule has 1 amide bonds. The van der Waals surface area contributed by atoms with E-state index >= 15 is 0 Å². The van der Waals surface area contributed by atoms with Gasteiger partial charge < -0.3 is 9.79 Å². The third-order valence-electron chi connectivity index (χ3n) is 1.95. The van der Waals surface area contributed by atoms with Gasteiger partial charge in [-0.1, -0.05) is 13.0 Å². The third kappa shape index (κ3) is 7.59. The standard InChI is InChI=1S/C9H18NO5P/c1-3-9(11)10(15-2)7-5-4-6-8-16(12,13)14/h3H,1,4-8H2,2H3,(H2,12,13,14). The van der Waals surface area contributed by atoms with E-state index in [4.69, 9.17) is 14.6 Å². The zero-order valence-corrected chi connectivity index (χ0v) is 10.2. The minimum absolute atomic E-state index is 0.116. The Morgan fingerprint density at radius 3 is 2.50 bits per heavy atom. The van der Waals surface area contributed by atoms with Crippen LogP contribution in [0.3, 0.4) is 0 Å². The zero-order chi connectivity index (χ0) is 12.6. The Balaban J connectivity index is 3.68. The van der Waals surface area contributed by atoms with E-state index in [0.29, 0.717) is 25.8 Å². The number of hydrogen-bond donors (Lipinski definition) is 2. The molecule has 0 bridgehead atoms.